The van der Waals surface area contributed by atoms with Gasteiger partial charge in [0.15, 0.2) is 17.9 Å². The highest BCUT2D eigenvalue weighted by atomic mass is 28.4. The Kier molecular flexibility index (Phi) is 10.8. The maximum Gasteiger partial charge on any atom is 0.407 e. The number of rotatable bonds is 10. The maximum absolute atomic E-state index is 14.9. The van der Waals surface area contributed by atoms with Crippen molar-refractivity contribution >= 4 is 14.4 Å². The summed E-state index contributed by atoms with van der Waals surface area (Å²) in [6.07, 6.45) is -2.10. The Morgan fingerprint density at radius 3 is 2.19 bits per heavy atom. The van der Waals surface area contributed by atoms with E-state index in [9.17, 15) is 23.8 Å². The lowest BCUT2D eigenvalue weighted by molar-refractivity contribution is -0.0636. The molecule has 0 radical (unpaired) electrons. The molecule has 2 aliphatic rings. The summed E-state index contributed by atoms with van der Waals surface area (Å²) in [4.78, 5) is 13.4. The van der Waals surface area contributed by atoms with Gasteiger partial charge in [-0.25, -0.2) is 13.6 Å². The van der Waals surface area contributed by atoms with E-state index in [4.69, 9.17) is 13.9 Å². The standard InChI is InChI=1S/C38H49F2NO6Si/c1-23(2)48(24(3)4,25(5)6)47-22-28-10-8-9-11-30(28)27-12-13-29(26(7)18-27)33-21-41(37(42)43)15-14-38(33,44)32-20-35(40)34(39)19-31(32)36-45-16-17-46-36/h8-13,18-20,23-25,33,36,44H,14-17,21-22H2,1-7H3,(H,42,43)/t33-,38+/m1/s1. The summed E-state index contributed by atoms with van der Waals surface area (Å²) in [6, 6.07) is 16.2. The van der Waals surface area contributed by atoms with Crippen molar-refractivity contribution in [3.05, 3.63) is 94.0 Å². The molecule has 0 unspecified atom stereocenters. The monoisotopic (exact) mass is 681 g/mol. The predicted molar refractivity (Wildman–Crippen MR) is 184 cm³/mol. The van der Waals surface area contributed by atoms with Crippen LogP contribution in [0.4, 0.5) is 13.6 Å². The Morgan fingerprint density at radius 2 is 1.58 bits per heavy atom. The van der Waals surface area contributed by atoms with E-state index in [0.717, 1.165) is 39.9 Å². The second-order valence-corrected chi connectivity index (χ2v) is 19.7. The first-order valence-corrected chi connectivity index (χ1v) is 19.1. The molecule has 0 bridgehead atoms. The average Bonchev–Trinajstić information content (AvgIpc) is 3.57. The Bertz CT molecular complexity index is 1600. The molecule has 0 saturated carbocycles. The van der Waals surface area contributed by atoms with Gasteiger partial charge in [0.2, 0.25) is 8.32 Å². The first kappa shape index (κ1) is 36.1. The topological polar surface area (TPSA) is 88.5 Å². The molecule has 260 valence electrons. The minimum Gasteiger partial charge on any atom is -0.465 e. The van der Waals surface area contributed by atoms with Crippen LogP contribution in [0, 0.1) is 18.6 Å². The van der Waals surface area contributed by atoms with Crippen molar-refractivity contribution in [2.45, 2.75) is 95.9 Å². The lowest BCUT2D eigenvalue weighted by Gasteiger charge is -2.45. The predicted octanol–water partition coefficient (Wildman–Crippen LogP) is 9.03. The van der Waals surface area contributed by atoms with Crippen LogP contribution < -0.4 is 0 Å². The highest BCUT2D eigenvalue weighted by molar-refractivity contribution is 6.77. The molecule has 3 aromatic rings. The second-order valence-electron chi connectivity index (χ2n) is 14.2. The Labute approximate surface area is 284 Å². The molecule has 7 nitrogen and oxygen atoms in total. The van der Waals surface area contributed by atoms with E-state index in [1.165, 1.54) is 4.90 Å². The number of likely N-dealkylation sites (tertiary alicyclic amines) is 1. The third-order valence-corrected chi connectivity index (χ3v) is 16.7. The minimum absolute atomic E-state index is 0.0194. The molecule has 2 fully saturated rings. The maximum atomic E-state index is 14.9. The minimum atomic E-state index is -2.11. The van der Waals surface area contributed by atoms with Crippen molar-refractivity contribution < 1.29 is 37.7 Å². The third-order valence-electron chi connectivity index (χ3n) is 10.6. The van der Waals surface area contributed by atoms with Gasteiger partial charge in [0.05, 0.1) is 19.8 Å². The molecule has 1 amide bonds. The van der Waals surface area contributed by atoms with E-state index < -0.39 is 43.9 Å². The fourth-order valence-corrected chi connectivity index (χ4v) is 13.7. The van der Waals surface area contributed by atoms with Gasteiger partial charge in [-0.05, 0) is 75.5 Å². The Balaban J connectivity index is 1.55. The smallest absolute Gasteiger partial charge is 0.407 e. The second kappa shape index (κ2) is 14.4. The van der Waals surface area contributed by atoms with Gasteiger partial charge in [0.1, 0.15) is 5.60 Å². The Hall–Kier alpha value is -3.15. The third kappa shape index (κ3) is 6.70. The van der Waals surface area contributed by atoms with Crippen LogP contribution in [0.3, 0.4) is 0 Å². The van der Waals surface area contributed by atoms with Crippen LogP contribution in [0.5, 0.6) is 0 Å². The zero-order valence-electron chi connectivity index (χ0n) is 29.1. The van der Waals surface area contributed by atoms with Crippen molar-refractivity contribution in [2.75, 3.05) is 26.3 Å². The molecule has 2 heterocycles. The normalized spacial score (nSPS) is 20.8. The van der Waals surface area contributed by atoms with Crippen molar-refractivity contribution in [1.82, 2.24) is 4.90 Å². The van der Waals surface area contributed by atoms with Gasteiger partial charge in [0.25, 0.3) is 0 Å². The molecule has 2 N–H and O–H groups in total. The number of carboxylic acid groups (broad SMARTS) is 1. The molecule has 2 aliphatic heterocycles. The first-order valence-electron chi connectivity index (χ1n) is 17.0. The number of hydrogen-bond acceptors (Lipinski definition) is 5. The summed E-state index contributed by atoms with van der Waals surface area (Å²) < 4.78 is 47.7. The van der Waals surface area contributed by atoms with Crippen molar-refractivity contribution in [1.29, 1.82) is 0 Å². The van der Waals surface area contributed by atoms with Gasteiger partial charge in [-0.2, -0.15) is 0 Å². The molecule has 48 heavy (non-hydrogen) atoms. The van der Waals surface area contributed by atoms with Crippen LogP contribution in [0.15, 0.2) is 54.6 Å². The number of halogens is 2. The molecular formula is C38H49F2NO6Si. The number of benzene rings is 3. The average molecular weight is 682 g/mol. The summed E-state index contributed by atoms with van der Waals surface area (Å²) >= 11 is 0. The number of nitrogens with zero attached hydrogens (tertiary/aromatic N) is 1. The van der Waals surface area contributed by atoms with Crippen LogP contribution >= 0.6 is 0 Å². The van der Waals surface area contributed by atoms with Gasteiger partial charge in [-0.1, -0.05) is 84.0 Å². The van der Waals surface area contributed by atoms with Gasteiger partial charge in [-0.15, -0.1) is 0 Å². The lowest BCUT2D eigenvalue weighted by atomic mass is 9.70. The summed E-state index contributed by atoms with van der Waals surface area (Å²) in [6.45, 7) is 16.6. The zero-order valence-corrected chi connectivity index (χ0v) is 30.1. The number of carbonyl (C=O) groups is 1. The fourth-order valence-electron chi connectivity index (χ4n) is 8.33. The van der Waals surface area contributed by atoms with Crippen molar-refractivity contribution in [2.24, 2.45) is 0 Å². The largest absolute Gasteiger partial charge is 0.465 e. The molecule has 3 aromatic carbocycles. The van der Waals surface area contributed by atoms with E-state index in [2.05, 4.69) is 53.7 Å². The number of ether oxygens (including phenoxy) is 2. The van der Waals surface area contributed by atoms with E-state index in [-0.39, 0.29) is 43.9 Å². The van der Waals surface area contributed by atoms with Crippen LogP contribution in [0.25, 0.3) is 11.1 Å². The summed E-state index contributed by atoms with van der Waals surface area (Å²) in [5.74, 6) is -2.96. The SMILES string of the molecule is Cc1cc(-c2ccccc2CO[Si](C(C)C)(C(C)C)C(C)C)ccc1[C@H]1CN(C(=O)O)CC[C@]1(O)c1cc(F)c(F)cc1C1OCCO1. The molecular weight excluding hydrogens is 633 g/mol. The van der Waals surface area contributed by atoms with E-state index in [1.807, 2.05) is 37.3 Å². The number of piperidine rings is 1. The van der Waals surface area contributed by atoms with Gasteiger partial charge in [0, 0.05) is 24.6 Å². The van der Waals surface area contributed by atoms with Crippen LogP contribution in [0.1, 0.15) is 88.0 Å². The first-order chi connectivity index (χ1) is 22.7. The summed E-state index contributed by atoms with van der Waals surface area (Å²) in [5.41, 5.74) is 4.61. The van der Waals surface area contributed by atoms with Crippen molar-refractivity contribution in [3.8, 4) is 11.1 Å². The molecule has 10 heteroatoms. The number of aryl methyl sites for hydroxylation is 1. The number of hydrogen-bond donors (Lipinski definition) is 2. The Morgan fingerprint density at radius 1 is 0.958 bits per heavy atom. The van der Waals surface area contributed by atoms with E-state index in [0.29, 0.717) is 23.2 Å². The van der Waals surface area contributed by atoms with Crippen LogP contribution in [-0.4, -0.2) is 55.8 Å². The molecule has 0 spiro atoms. The van der Waals surface area contributed by atoms with Gasteiger partial charge >= 0.3 is 6.09 Å². The summed E-state index contributed by atoms with van der Waals surface area (Å²) in [7, 11) is -2.11. The highest BCUT2D eigenvalue weighted by Crippen LogP contribution is 2.48. The van der Waals surface area contributed by atoms with Gasteiger partial charge in [-0.3, -0.25) is 0 Å². The lowest BCUT2D eigenvalue weighted by Crippen LogP contribution is -2.51. The van der Waals surface area contributed by atoms with E-state index in [1.54, 1.807) is 0 Å². The molecule has 5 rings (SSSR count). The fraction of sp³-hybridized carbons (Fsp3) is 0.500. The molecule has 0 aromatic heterocycles. The summed E-state index contributed by atoms with van der Waals surface area (Å²) in [5, 5.41) is 22.5. The van der Waals surface area contributed by atoms with Gasteiger partial charge < -0.3 is 29.0 Å². The molecule has 0 aliphatic carbocycles. The van der Waals surface area contributed by atoms with E-state index >= 15 is 0 Å². The molecule has 2 atom stereocenters. The van der Waals surface area contributed by atoms with Crippen molar-refractivity contribution in [3.63, 3.8) is 0 Å². The number of aliphatic hydroxyl groups is 1. The van der Waals surface area contributed by atoms with Crippen LogP contribution in [-0.2, 0) is 26.1 Å². The van der Waals surface area contributed by atoms with Crippen LogP contribution in [0.2, 0.25) is 16.6 Å². The molecule has 2 saturated heterocycles. The zero-order chi connectivity index (χ0) is 35.0. The quantitative estimate of drug-likeness (QED) is 0.208. The number of amides is 1. The highest BCUT2D eigenvalue weighted by Gasteiger charge is 2.48.